The Balaban J connectivity index is 1.40. The molecule has 1 aliphatic heterocycles. The number of amides is 1. The summed E-state index contributed by atoms with van der Waals surface area (Å²) in [7, 11) is 3.75. The SMILES string of the molecule is CN(CCN1CCN(Cc2ncc(Cl)n2C)CC1)C(=O)c1ccco1. The fourth-order valence-corrected chi connectivity index (χ4v) is 3.07. The van der Waals surface area contributed by atoms with Gasteiger partial charge in [-0.25, -0.2) is 4.98 Å². The van der Waals surface area contributed by atoms with E-state index in [1.807, 2.05) is 18.7 Å². The minimum Gasteiger partial charge on any atom is -0.459 e. The minimum absolute atomic E-state index is 0.0738. The van der Waals surface area contributed by atoms with Gasteiger partial charge in [-0.2, -0.15) is 0 Å². The predicted octanol–water partition coefficient (Wildman–Crippen LogP) is 1.56. The largest absolute Gasteiger partial charge is 0.459 e. The van der Waals surface area contributed by atoms with Crippen molar-refractivity contribution in [3.8, 4) is 0 Å². The van der Waals surface area contributed by atoms with Crippen LogP contribution in [0.3, 0.4) is 0 Å². The molecule has 1 aliphatic rings. The van der Waals surface area contributed by atoms with Crippen LogP contribution in [0.15, 0.2) is 29.0 Å². The van der Waals surface area contributed by atoms with E-state index in [1.165, 1.54) is 6.26 Å². The number of carbonyl (C=O) groups excluding carboxylic acids is 1. The number of furan rings is 1. The van der Waals surface area contributed by atoms with Crippen LogP contribution in [-0.2, 0) is 13.6 Å². The highest BCUT2D eigenvalue weighted by atomic mass is 35.5. The Morgan fingerprint density at radius 3 is 2.64 bits per heavy atom. The third-order valence-corrected chi connectivity index (χ3v) is 5.04. The molecule has 2 aromatic heterocycles. The van der Waals surface area contributed by atoms with E-state index in [4.69, 9.17) is 16.0 Å². The molecule has 0 N–H and O–H groups in total. The first kappa shape index (κ1) is 18.0. The minimum atomic E-state index is -0.0738. The van der Waals surface area contributed by atoms with Crippen molar-refractivity contribution in [3.05, 3.63) is 41.3 Å². The van der Waals surface area contributed by atoms with Crippen molar-refractivity contribution < 1.29 is 9.21 Å². The lowest BCUT2D eigenvalue weighted by atomic mass is 10.3. The zero-order chi connectivity index (χ0) is 17.8. The maximum atomic E-state index is 12.2. The van der Waals surface area contributed by atoms with E-state index in [-0.39, 0.29) is 5.91 Å². The predicted molar refractivity (Wildman–Crippen MR) is 95.6 cm³/mol. The maximum Gasteiger partial charge on any atom is 0.289 e. The number of hydrogen-bond donors (Lipinski definition) is 0. The Hall–Kier alpha value is -1.83. The van der Waals surface area contributed by atoms with Gasteiger partial charge in [-0.05, 0) is 12.1 Å². The fraction of sp³-hybridized carbons (Fsp3) is 0.529. The molecule has 3 heterocycles. The summed E-state index contributed by atoms with van der Waals surface area (Å²) in [6, 6.07) is 3.43. The molecule has 1 fully saturated rings. The first-order valence-corrected chi connectivity index (χ1v) is 8.82. The molecule has 7 nitrogen and oxygen atoms in total. The molecule has 0 aromatic carbocycles. The number of carbonyl (C=O) groups is 1. The summed E-state index contributed by atoms with van der Waals surface area (Å²) in [4.78, 5) is 23.0. The van der Waals surface area contributed by atoms with Crippen molar-refractivity contribution in [3.63, 3.8) is 0 Å². The number of aromatic nitrogens is 2. The van der Waals surface area contributed by atoms with Crippen molar-refractivity contribution in [1.82, 2.24) is 24.3 Å². The molecular formula is C17H24ClN5O2. The van der Waals surface area contributed by atoms with Crippen LogP contribution in [0.25, 0.3) is 0 Å². The van der Waals surface area contributed by atoms with Gasteiger partial charge >= 0.3 is 0 Å². The number of rotatable bonds is 6. The van der Waals surface area contributed by atoms with E-state index in [0.717, 1.165) is 45.1 Å². The summed E-state index contributed by atoms with van der Waals surface area (Å²) in [5, 5.41) is 0.665. The van der Waals surface area contributed by atoms with Gasteiger partial charge in [0.25, 0.3) is 5.91 Å². The monoisotopic (exact) mass is 365 g/mol. The van der Waals surface area contributed by atoms with Crippen molar-refractivity contribution >= 4 is 17.5 Å². The van der Waals surface area contributed by atoms with E-state index in [1.54, 1.807) is 23.2 Å². The molecule has 0 aliphatic carbocycles. The molecule has 0 spiro atoms. The number of hydrogen-bond acceptors (Lipinski definition) is 5. The van der Waals surface area contributed by atoms with Crippen LogP contribution in [0.4, 0.5) is 0 Å². The van der Waals surface area contributed by atoms with Crippen LogP contribution in [-0.4, -0.2) is 76.5 Å². The smallest absolute Gasteiger partial charge is 0.289 e. The van der Waals surface area contributed by atoms with Crippen molar-refractivity contribution in [2.75, 3.05) is 46.3 Å². The normalized spacial score (nSPS) is 16.3. The van der Waals surface area contributed by atoms with Crippen LogP contribution < -0.4 is 0 Å². The lowest BCUT2D eigenvalue weighted by molar-refractivity contribution is 0.0717. The van der Waals surface area contributed by atoms with Gasteiger partial charge in [-0.15, -0.1) is 0 Å². The molecule has 25 heavy (non-hydrogen) atoms. The van der Waals surface area contributed by atoms with Gasteiger partial charge in [-0.1, -0.05) is 11.6 Å². The molecule has 1 saturated heterocycles. The van der Waals surface area contributed by atoms with E-state index < -0.39 is 0 Å². The second-order valence-corrected chi connectivity index (χ2v) is 6.77. The number of nitrogens with zero attached hydrogens (tertiary/aromatic N) is 5. The van der Waals surface area contributed by atoms with Crippen LogP contribution >= 0.6 is 11.6 Å². The highest BCUT2D eigenvalue weighted by Gasteiger charge is 2.20. The Labute approximate surface area is 152 Å². The van der Waals surface area contributed by atoms with E-state index in [9.17, 15) is 4.79 Å². The second-order valence-electron chi connectivity index (χ2n) is 6.38. The molecule has 2 aromatic rings. The van der Waals surface area contributed by atoms with E-state index in [2.05, 4.69) is 14.8 Å². The molecule has 0 unspecified atom stereocenters. The van der Waals surface area contributed by atoms with E-state index >= 15 is 0 Å². The number of halogens is 1. The van der Waals surface area contributed by atoms with Crippen LogP contribution in [0.1, 0.15) is 16.4 Å². The third kappa shape index (κ3) is 4.42. The molecule has 8 heteroatoms. The first-order chi connectivity index (χ1) is 12.0. The summed E-state index contributed by atoms with van der Waals surface area (Å²) < 4.78 is 7.08. The highest BCUT2D eigenvalue weighted by molar-refractivity contribution is 6.29. The lowest BCUT2D eigenvalue weighted by Gasteiger charge is -2.35. The zero-order valence-corrected chi connectivity index (χ0v) is 15.4. The average Bonchev–Trinajstić information content (AvgIpc) is 3.26. The Bertz CT molecular complexity index is 692. The topological polar surface area (TPSA) is 57.8 Å². The summed E-state index contributed by atoms with van der Waals surface area (Å²) >= 11 is 6.04. The van der Waals surface area contributed by atoms with Crippen molar-refractivity contribution in [1.29, 1.82) is 0 Å². The summed E-state index contributed by atoms with van der Waals surface area (Å²) in [5.74, 6) is 1.30. The molecular weight excluding hydrogens is 342 g/mol. The molecule has 0 radical (unpaired) electrons. The summed E-state index contributed by atoms with van der Waals surface area (Å²) in [5.41, 5.74) is 0. The Kier molecular flexibility index (Phi) is 5.78. The number of piperazine rings is 1. The summed E-state index contributed by atoms with van der Waals surface area (Å²) in [6.45, 7) is 6.32. The van der Waals surface area contributed by atoms with Gasteiger partial charge in [0.15, 0.2) is 5.76 Å². The third-order valence-electron chi connectivity index (χ3n) is 4.69. The standard InChI is InChI=1S/C17H24ClN5O2/c1-20(17(24)14-4-3-11-25-14)5-6-22-7-9-23(10-8-22)13-16-19-12-15(18)21(16)2/h3-4,11-12H,5-10,13H2,1-2H3. The van der Waals surface area contributed by atoms with Gasteiger partial charge in [0.05, 0.1) is 19.0 Å². The molecule has 0 atom stereocenters. The highest BCUT2D eigenvalue weighted by Crippen LogP contribution is 2.12. The lowest BCUT2D eigenvalue weighted by Crippen LogP contribution is -2.48. The average molecular weight is 366 g/mol. The Morgan fingerprint density at radius 2 is 2.04 bits per heavy atom. The maximum absolute atomic E-state index is 12.2. The van der Waals surface area contributed by atoms with Crippen LogP contribution in [0.2, 0.25) is 5.15 Å². The first-order valence-electron chi connectivity index (χ1n) is 8.44. The molecule has 136 valence electrons. The van der Waals surface area contributed by atoms with Gasteiger partial charge < -0.3 is 13.9 Å². The van der Waals surface area contributed by atoms with Gasteiger partial charge in [0, 0.05) is 53.4 Å². The molecule has 1 amide bonds. The number of likely N-dealkylation sites (N-methyl/N-ethyl adjacent to an activating group) is 1. The van der Waals surface area contributed by atoms with Crippen molar-refractivity contribution in [2.45, 2.75) is 6.54 Å². The zero-order valence-electron chi connectivity index (χ0n) is 14.7. The van der Waals surface area contributed by atoms with Gasteiger partial charge in [0.2, 0.25) is 0 Å². The number of imidazole rings is 1. The molecule has 3 rings (SSSR count). The van der Waals surface area contributed by atoms with Crippen LogP contribution in [0.5, 0.6) is 0 Å². The quantitative estimate of drug-likeness (QED) is 0.777. The van der Waals surface area contributed by atoms with Crippen LogP contribution in [0, 0.1) is 0 Å². The summed E-state index contributed by atoms with van der Waals surface area (Å²) in [6.07, 6.45) is 3.22. The van der Waals surface area contributed by atoms with E-state index in [0.29, 0.717) is 17.5 Å². The fourth-order valence-electron chi connectivity index (χ4n) is 2.92. The van der Waals surface area contributed by atoms with Crippen molar-refractivity contribution in [2.24, 2.45) is 7.05 Å². The van der Waals surface area contributed by atoms with Gasteiger partial charge in [-0.3, -0.25) is 14.6 Å². The molecule has 0 bridgehead atoms. The molecule has 0 saturated carbocycles. The Morgan fingerprint density at radius 1 is 1.32 bits per heavy atom. The second kappa shape index (κ2) is 8.03. The van der Waals surface area contributed by atoms with Gasteiger partial charge in [0.1, 0.15) is 11.0 Å².